The van der Waals surface area contributed by atoms with Crippen LogP contribution in [0, 0.1) is 11.6 Å². The third-order valence-electron chi connectivity index (χ3n) is 3.95. The van der Waals surface area contributed by atoms with E-state index in [0.29, 0.717) is 5.69 Å². The number of hydrogen-bond acceptors (Lipinski definition) is 3. The summed E-state index contributed by atoms with van der Waals surface area (Å²) in [7, 11) is 1.71. The molecule has 1 aliphatic carbocycles. The number of hydrogen-bond donors (Lipinski definition) is 2. The van der Waals surface area contributed by atoms with E-state index in [2.05, 4.69) is 15.7 Å². The van der Waals surface area contributed by atoms with E-state index >= 15 is 0 Å². The molecule has 1 heterocycles. The summed E-state index contributed by atoms with van der Waals surface area (Å²) in [5.74, 6) is -1.37. The Kier molecular flexibility index (Phi) is 4.38. The Bertz CT molecular complexity index is 709. The van der Waals surface area contributed by atoms with Gasteiger partial charge in [-0.1, -0.05) is 0 Å². The average Bonchev–Trinajstić information content (AvgIpc) is 2.91. The maximum Gasteiger partial charge on any atom is 0.234 e. The second-order valence-electron chi connectivity index (χ2n) is 5.63. The molecule has 1 atom stereocenters. The van der Waals surface area contributed by atoms with Crippen LogP contribution in [0.25, 0.3) is 5.69 Å². The van der Waals surface area contributed by atoms with Gasteiger partial charge in [0.1, 0.15) is 11.6 Å². The Morgan fingerprint density at radius 1 is 1.35 bits per heavy atom. The highest BCUT2D eigenvalue weighted by molar-refractivity contribution is 5.78. The van der Waals surface area contributed by atoms with Crippen molar-refractivity contribution in [2.24, 2.45) is 0 Å². The van der Waals surface area contributed by atoms with Gasteiger partial charge in [0.25, 0.3) is 0 Å². The molecule has 0 spiro atoms. The Hall–Kier alpha value is -2.28. The lowest BCUT2D eigenvalue weighted by Gasteiger charge is -2.24. The highest BCUT2D eigenvalue weighted by Crippen LogP contribution is 2.31. The lowest BCUT2D eigenvalue weighted by molar-refractivity contribution is -0.121. The smallest absolute Gasteiger partial charge is 0.234 e. The highest BCUT2D eigenvalue weighted by Gasteiger charge is 2.26. The summed E-state index contributed by atoms with van der Waals surface area (Å²) in [6.45, 7) is 0.245. The van der Waals surface area contributed by atoms with E-state index in [1.807, 2.05) is 0 Å². The van der Waals surface area contributed by atoms with Crippen molar-refractivity contribution in [3.8, 4) is 5.69 Å². The second kappa shape index (κ2) is 6.45. The van der Waals surface area contributed by atoms with Crippen molar-refractivity contribution in [3.63, 3.8) is 0 Å². The minimum absolute atomic E-state index is 0.0881. The van der Waals surface area contributed by atoms with Gasteiger partial charge in [-0.3, -0.25) is 4.79 Å². The molecule has 1 aliphatic rings. The van der Waals surface area contributed by atoms with Crippen molar-refractivity contribution in [3.05, 3.63) is 47.3 Å². The minimum Gasteiger partial charge on any atom is -0.348 e. The Morgan fingerprint density at radius 3 is 2.78 bits per heavy atom. The van der Waals surface area contributed by atoms with Crippen LogP contribution in [-0.4, -0.2) is 29.3 Å². The molecule has 0 bridgehead atoms. The fraction of sp³-hybridized carbons (Fsp3) is 0.375. The van der Waals surface area contributed by atoms with Crippen LogP contribution in [0.2, 0.25) is 0 Å². The zero-order chi connectivity index (χ0) is 16.4. The predicted octanol–water partition coefficient (Wildman–Crippen LogP) is 1.86. The van der Waals surface area contributed by atoms with Crippen LogP contribution in [0.5, 0.6) is 0 Å². The van der Waals surface area contributed by atoms with Gasteiger partial charge in [0.2, 0.25) is 5.91 Å². The number of likely N-dealkylation sites (N-methyl/N-ethyl adjacent to an activating group) is 1. The van der Waals surface area contributed by atoms with E-state index in [4.69, 9.17) is 0 Å². The molecule has 0 saturated heterocycles. The molecule has 1 amide bonds. The van der Waals surface area contributed by atoms with Gasteiger partial charge in [-0.05, 0) is 38.4 Å². The molecule has 3 rings (SSSR count). The van der Waals surface area contributed by atoms with Crippen LogP contribution in [0.3, 0.4) is 0 Å². The molecule has 7 heteroatoms. The van der Waals surface area contributed by atoms with E-state index in [1.54, 1.807) is 17.9 Å². The summed E-state index contributed by atoms with van der Waals surface area (Å²) >= 11 is 0. The number of rotatable bonds is 4. The first-order chi connectivity index (χ1) is 11.1. The van der Waals surface area contributed by atoms with Crippen LogP contribution < -0.4 is 10.6 Å². The van der Waals surface area contributed by atoms with Crippen molar-refractivity contribution in [1.29, 1.82) is 0 Å². The Morgan fingerprint density at radius 2 is 2.09 bits per heavy atom. The predicted molar refractivity (Wildman–Crippen MR) is 81.2 cm³/mol. The molecule has 0 fully saturated rings. The quantitative estimate of drug-likeness (QED) is 0.904. The Balaban J connectivity index is 1.92. The van der Waals surface area contributed by atoms with Crippen LogP contribution in [-0.2, 0) is 11.2 Å². The topological polar surface area (TPSA) is 59.0 Å². The summed E-state index contributed by atoms with van der Waals surface area (Å²) in [6.07, 6.45) is 4.13. The summed E-state index contributed by atoms with van der Waals surface area (Å²) in [5, 5.41) is 10.0. The molecule has 2 aromatic rings. The number of carbonyl (C=O) groups is 1. The number of carbonyl (C=O) groups excluding carboxylic acids is 1. The van der Waals surface area contributed by atoms with E-state index in [9.17, 15) is 13.6 Å². The first-order valence-corrected chi connectivity index (χ1v) is 7.55. The molecular formula is C16H18F2N4O. The van der Waals surface area contributed by atoms with Gasteiger partial charge in [0.05, 0.1) is 24.5 Å². The van der Waals surface area contributed by atoms with Gasteiger partial charge >= 0.3 is 0 Å². The van der Waals surface area contributed by atoms with Crippen molar-refractivity contribution in [2.45, 2.75) is 25.3 Å². The van der Waals surface area contributed by atoms with Gasteiger partial charge in [-0.25, -0.2) is 13.5 Å². The number of amides is 1. The number of nitrogens with one attached hydrogen (secondary N) is 2. The molecule has 1 aromatic carbocycles. The van der Waals surface area contributed by atoms with E-state index in [0.717, 1.165) is 36.6 Å². The minimum atomic E-state index is -0.640. The number of benzene rings is 1. The maximum absolute atomic E-state index is 13.4. The average molecular weight is 320 g/mol. The van der Waals surface area contributed by atoms with Crippen molar-refractivity contribution < 1.29 is 13.6 Å². The molecule has 5 nitrogen and oxygen atoms in total. The number of halogens is 2. The SMILES string of the molecule is CNCC(=O)N[C@H]1CCCc2c1cnn2-c1cc(F)cc(F)c1. The van der Waals surface area contributed by atoms with Crippen LogP contribution in [0.15, 0.2) is 24.4 Å². The molecule has 0 saturated carbocycles. The lowest BCUT2D eigenvalue weighted by atomic mass is 9.93. The zero-order valence-corrected chi connectivity index (χ0v) is 12.8. The molecule has 23 heavy (non-hydrogen) atoms. The molecular weight excluding hydrogens is 302 g/mol. The molecule has 0 aliphatic heterocycles. The van der Waals surface area contributed by atoms with Crippen molar-refractivity contribution in [1.82, 2.24) is 20.4 Å². The van der Waals surface area contributed by atoms with Gasteiger partial charge < -0.3 is 10.6 Å². The number of nitrogens with zero attached hydrogens (tertiary/aromatic N) is 2. The summed E-state index contributed by atoms with van der Waals surface area (Å²) < 4.78 is 28.4. The fourth-order valence-electron chi connectivity index (χ4n) is 3.00. The number of aromatic nitrogens is 2. The van der Waals surface area contributed by atoms with Gasteiger partial charge in [-0.2, -0.15) is 5.10 Å². The van der Waals surface area contributed by atoms with Crippen LogP contribution >= 0.6 is 0 Å². The highest BCUT2D eigenvalue weighted by atomic mass is 19.1. The molecule has 1 aromatic heterocycles. The van der Waals surface area contributed by atoms with Crippen molar-refractivity contribution in [2.75, 3.05) is 13.6 Å². The zero-order valence-electron chi connectivity index (χ0n) is 12.8. The van der Waals surface area contributed by atoms with Gasteiger partial charge in [-0.15, -0.1) is 0 Å². The standard InChI is InChI=1S/C16H18F2N4O/c1-19-9-16(23)21-14-3-2-4-15-13(14)8-20-22(15)12-6-10(17)5-11(18)7-12/h5-8,14,19H,2-4,9H2,1H3,(H,21,23)/t14-/m0/s1. The first kappa shape index (κ1) is 15.6. The third-order valence-corrected chi connectivity index (χ3v) is 3.95. The van der Waals surface area contributed by atoms with Gasteiger partial charge in [0.15, 0.2) is 0 Å². The van der Waals surface area contributed by atoms with Crippen molar-refractivity contribution >= 4 is 5.91 Å². The third kappa shape index (κ3) is 3.24. The maximum atomic E-state index is 13.4. The van der Waals surface area contributed by atoms with E-state index in [-0.39, 0.29) is 18.5 Å². The molecule has 0 unspecified atom stereocenters. The lowest BCUT2D eigenvalue weighted by Crippen LogP contribution is -2.36. The second-order valence-corrected chi connectivity index (χ2v) is 5.63. The summed E-state index contributed by atoms with van der Waals surface area (Å²) in [4.78, 5) is 11.8. The number of fused-ring (bicyclic) bond motifs is 1. The van der Waals surface area contributed by atoms with Crippen LogP contribution in [0.1, 0.15) is 30.1 Å². The molecule has 0 radical (unpaired) electrons. The fourth-order valence-corrected chi connectivity index (χ4v) is 3.00. The summed E-state index contributed by atoms with van der Waals surface area (Å²) in [5.41, 5.74) is 2.15. The first-order valence-electron chi connectivity index (χ1n) is 7.55. The Labute approximate surface area is 132 Å². The molecule has 122 valence electrons. The normalized spacial score (nSPS) is 16.9. The monoisotopic (exact) mass is 320 g/mol. The van der Waals surface area contributed by atoms with E-state index < -0.39 is 11.6 Å². The molecule has 2 N–H and O–H groups in total. The largest absolute Gasteiger partial charge is 0.348 e. The van der Waals surface area contributed by atoms with Gasteiger partial charge in [0, 0.05) is 17.3 Å². The van der Waals surface area contributed by atoms with Crippen LogP contribution in [0.4, 0.5) is 8.78 Å². The van der Waals surface area contributed by atoms with E-state index in [1.165, 1.54) is 12.1 Å². The summed E-state index contributed by atoms with van der Waals surface area (Å²) in [6, 6.07) is 3.21.